The Hall–Kier alpha value is -7.68. The lowest BCUT2D eigenvalue weighted by Gasteiger charge is -2.31. The number of hydrogen-bond donors (Lipinski definition) is 0. The van der Waals surface area contributed by atoms with Crippen molar-refractivity contribution in [3.8, 4) is 39.1 Å². The average Bonchev–Trinajstić information content (AvgIpc) is 3.64. The van der Waals surface area contributed by atoms with Crippen LogP contribution in [0.15, 0.2) is 231 Å². The van der Waals surface area contributed by atoms with Crippen molar-refractivity contribution < 1.29 is 0 Å². The molecule has 10 aromatic carbocycles. The summed E-state index contributed by atoms with van der Waals surface area (Å²) < 4.78 is 2.39. The summed E-state index contributed by atoms with van der Waals surface area (Å²) in [5.41, 5.74) is 13.9. The lowest BCUT2D eigenvalue weighted by Crippen LogP contribution is -2.13. The van der Waals surface area contributed by atoms with E-state index in [4.69, 9.17) is 0 Å². The van der Waals surface area contributed by atoms with Crippen molar-refractivity contribution in [2.24, 2.45) is 0 Å². The third kappa shape index (κ3) is 5.57. The summed E-state index contributed by atoms with van der Waals surface area (Å²) in [5, 5.41) is 7.38. The third-order valence-corrected chi connectivity index (χ3v) is 11.6. The maximum atomic E-state index is 2.49. The standard InChI is InChI=1S/C56H38N2/c1-3-18-39(19-4-1)44-23-9-12-29-51(44)56-46(40-20-5-2-6-21-40)30-17-33-54(56)58(55-38-41-22-7-8-24-45(41)47-25-10-11-26-48(47)55)43-36-34-42(35-37-43)57-52-31-15-13-27-49(52)50-28-14-16-32-53(50)57/h1-38H. The predicted molar refractivity (Wildman–Crippen MR) is 247 cm³/mol. The van der Waals surface area contributed by atoms with Crippen molar-refractivity contribution in [3.05, 3.63) is 231 Å². The molecule has 272 valence electrons. The van der Waals surface area contributed by atoms with Crippen molar-refractivity contribution >= 4 is 60.4 Å². The van der Waals surface area contributed by atoms with Gasteiger partial charge in [0, 0.05) is 33.1 Å². The summed E-state index contributed by atoms with van der Waals surface area (Å²) in [6.07, 6.45) is 0. The van der Waals surface area contributed by atoms with Crippen LogP contribution in [0.5, 0.6) is 0 Å². The molecule has 0 aliphatic heterocycles. The summed E-state index contributed by atoms with van der Waals surface area (Å²) in [6.45, 7) is 0. The molecule has 0 radical (unpaired) electrons. The molecule has 1 aromatic heterocycles. The quantitative estimate of drug-likeness (QED) is 0.148. The van der Waals surface area contributed by atoms with E-state index in [1.165, 1.54) is 76.7 Å². The van der Waals surface area contributed by atoms with E-state index in [9.17, 15) is 0 Å². The Labute approximate surface area is 338 Å². The van der Waals surface area contributed by atoms with Gasteiger partial charge in [-0.3, -0.25) is 0 Å². The van der Waals surface area contributed by atoms with Gasteiger partial charge in [0.05, 0.1) is 22.4 Å². The fraction of sp³-hybridized carbons (Fsp3) is 0. The van der Waals surface area contributed by atoms with Crippen molar-refractivity contribution in [2.45, 2.75) is 0 Å². The second kappa shape index (κ2) is 14.1. The zero-order chi connectivity index (χ0) is 38.4. The van der Waals surface area contributed by atoms with E-state index in [0.717, 1.165) is 22.7 Å². The van der Waals surface area contributed by atoms with Gasteiger partial charge in [0.1, 0.15) is 0 Å². The molecule has 2 nitrogen and oxygen atoms in total. The Bertz CT molecular complexity index is 3220. The molecule has 58 heavy (non-hydrogen) atoms. The maximum Gasteiger partial charge on any atom is 0.0546 e. The molecule has 0 saturated heterocycles. The molecule has 11 aromatic rings. The Morgan fingerprint density at radius 2 is 0.810 bits per heavy atom. The molecule has 0 unspecified atom stereocenters. The van der Waals surface area contributed by atoms with Gasteiger partial charge in [-0.2, -0.15) is 0 Å². The first-order valence-corrected chi connectivity index (χ1v) is 19.9. The van der Waals surface area contributed by atoms with E-state index < -0.39 is 0 Å². The van der Waals surface area contributed by atoms with Crippen molar-refractivity contribution in [2.75, 3.05) is 4.90 Å². The molecular weight excluding hydrogens is 701 g/mol. The van der Waals surface area contributed by atoms with Crippen LogP contribution in [0.3, 0.4) is 0 Å². The van der Waals surface area contributed by atoms with Crippen LogP contribution in [-0.4, -0.2) is 4.57 Å². The number of aromatic nitrogens is 1. The lowest BCUT2D eigenvalue weighted by atomic mass is 9.87. The zero-order valence-electron chi connectivity index (χ0n) is 31.8. The van der Waals surface area contributed by atoms with Crippen LogP contribution in [0.2, 0.25) is 0 Å². The number of para-hydroxylation sites is 2. The van der Waals surface area contributed by atoms with Gasteiger partial charge in [0.15, 0.2) is 0 Å². The molecule has 0 saturated carbocycles. The van der Waals surface area contributed by atoms with Crippen molar-refractivity contribution in [3.63, 3.8) is 0 Å². The van der Waals surface area contributed by atoms with Crippen LogP contribution in [0.1, 0.15) is 0 Å². The molecule has 0 aliphatic carbocycles. The minimum atomic E-state index is 1.08. The van der Waals surface area contributed by atoms with Crippen LogP contribution in [0.4, 0.5) is 17.1 Å². The highest BCUT2D eigenvalue weighted by Crippen LogP contribution is 2.50. The van der Waals surface area contributed by atoms with Gasteiger partial charge in [-0.25, -0.2) is 0 Å². The predicted octanol–water partition coefficient (Wildman–Crippen LogP) is 15.6. The zero-order valence-corrected chi connectivity index (χ0v) is 31.8. The summed E-state index contributed by atoms with van der Waals surface area (Å²) in [5.74, 6) is 0. The fourth-order valence-electron chi connectivity index (χ4n) is 9.02. The largest absolute Gasteiger partial charge is 0.309 e. The van der Waals surface area contributed by atoms with Crippen LogP contribution in [-0.2, 0) is 0 Å². The normalized spacial score (nSPS) is 11.4. The number of hydrogen-bond acceptors (Lipinski definition) is 1. The Morgan fingerprint density at radius 1 is 0.310 bits per heavy atom. The highest BCUT2D eigenvalue weighted by atomic mass is 15.1. The minimum absolute atomic E-state index is 1.08. The van der Waals surface area contributed by atoms with Gasteiger partial charge in [-0.1, -0.05) is 182 Å². The van der Waals surface area contributed by atoms with Gasteiger partial charge in [0.2, 0.25) is 0 Å². The van der Waals surface area contributed by atoms with Gasteiger partial charge in [0.25, 0.3) is 0 Å². The van der Waals surface area contributed by atoms with Crippen LogP contribution >= 0.6 is 0 Å². The molecule has 0 amide bonds. The van der Waals surface area contributed by atoms with E-state index in [1.807, 2.05) is 0 Å². The summed E-state index contributed by atoms with van der Waals surface area (Å²) in [7, 11) is 0. The topological polar surface area (TPSA) is 8.17 Å². The van der Waals surface area contributed by atoms with Crippen molar-refractivity contribution in [1.82, 2.24) is 4.57 Å². The Kier molecular flexibility index (Phi) is 8.19. The van der Waals surface area contributed by atoms with Crippen LogP contribution in [0.25, 0.3) is 82.4 Å². The second-order valence-corrected chi connectivity index (χ2v) is 14.9. The van der Waals surface area contributed by atoms with E-state index in [1.54, 1.807) is 0 Å². The molecule has 0 N–H and O–H groups in total. The maximum absolute atomic E-state index is 2.49. The number of nitrogens with zero attached hydrogens (tertiary/aromatic N) is 2. The molecule has 0 spiro atoms. The first kappa shape index (κ1) is 33.6. The first-order valence-electron chi connectivity index (χ1n) is 19.9. The molecular formula is C56H38N2. The van der Waals surface area contributed by atoms with E-state index in [-0.39, 0.29) is 0 Å². The third-order valence-electron chi connectivity index (χ3n) is 11.6. The summed E-state index contributed by atoms with van der Waals surface area (Å²) in [4.78, 5) is 2.49. The van der Waals surface area contributed by atoms with Crippen molar-refractivity contribution in [1.29, 1.82) is 0 Å². The number of anilines is 3. The Morgan fingerprint density at radius 3 is 1.48 bits per heavy atom. The SMILES string of the molecule is c1ccc(-c2ccccc2-c2c(-c3ccccc3)cccc2N(c2ccc(-n3c4ccccc4c4ccccc43)cc2)c2cc3ccccc3c3ccccc23)cc1. The van der Waals surface area contributed by atoms with E-state index in [0.29, 0.717) is 0 Å². The smallest absolute Gasteiger partial charge is 0.0546 e. The van der Waals surface area contributed by atoms with Gasteiger partial charge >= 0.3 is 0 Å². The monoisotopic (exact) mass is 738 g/mol. The lowest BCUT2D eigenvalue weighted by molar-refractivity contribution is 1.17. The molecule has 0 atom stereocenters. The van der Waals surface area contributed by atoms with Crippen LogP contribution < -0.4 is 4.90 Å². The summed E-state index contributed by atoms with van der Waals surface area (Å²) >= 11 is 0. The fourth-order valence-corrected chi connectivity index (χ4v) is 9.02. The minimum Gasteiger partial charge on any atom is -0.309 e. The molecule has 1 heterocycles. The summed E-state index contributed by atoms with van der Waals surface area (Å²) in [6, 6.07) is 83.8. The highest BCUT2D eigenvalue weighted by Gasteiger charge is 2.25. The average molecular weight is 739 g/mol. The number of benzene rings is 10. The molecule has 0 bridgehead atoms. The molecule has 11 rings (SSSR count). The Balaban J connectivity index is 1.22. The van der Waals surface area contributed by atoms with E-state index in [2.05, 4.69) is 240 Å². The van der Waals surface area contributed by atoms with E-state index >= 15 is 0 Å². The molecule has 2 heteroatoms. The van der Waals surface area contributed by atoms with Crippen LogP contribution in [0, 0.1) is 0 Å². The van der Waals surface area contributed by atoms with Gasteiger partial charge in [-0.15, -0.1) is 0 Å². The molecule has 0 fully saturated rings. The van der Waals surface area contributed by atoms with Gasteiger partial charge < -0.3 is 9.47 Å². The highest BCUT2D eigenvalue weighted by molar-refractivity contribution is 6.16. The van der Waals surface area contributed by atoms with Gasteiger partial charge in [-0.05, 0) is 92.5 Å². The number of fused-ring (bicyclic) bond motifs is 6. The first-order chi connectivity index (χ1) is 28.8. The molecule has 0 aliphatic rings. The second-order valence-electron chi connectivity index (χ2n) is 14.9. The number of rotatable bonds is 7.